The molecule has 0 atom stereocenters. The standard InChI is InChI=1S/C5H11NOS.C2H6/c1-6-5(7)3-4-8-2;1-2/h3-4H2,1-2H3,(H,6,7);1-2H3. The van der Waals surface area contributed by atoms with E-state index in [0.29, 0.717) is 6.42 Å². The second kappa shape index (κ2) is 11.6. The minimum absolute atomic E-state index is 0.124. The van der Waals surface area contributed by atoms with Crippen LogP contribution in [0.5, 0.6) is 0 Å². The Morgan fingerprint density at radius 3 is 2.30 bits per heavy atom. The fourth-order valence-corrected chi connectivity index (χ4v) is 0.709. The first-order valence-corrected chi connectivity index (χ1v) is 4.90. The van der Waals surface area contributed by atoms with E-state index in [1.807, 2.05) is 20.1 Å². The largest absolute Gasteiger partial charge is 0.359 e. The third-order valence-corrected chi connectivity index (χ3v) is 1.42. The monoisotopic (exact) mass is 163 g/mol. The van der Waals surface area contributed by atoms with Gasteiger partial charge in [0.05, 0.1) is 0 Å². The molecule has 62 valence electrons. The molecule has 10 heavy (non-hydrogen) atoms. The van der Waals surface area contributed by atoms with Gasteiger partial charge in [0.1, 0.15) is 0 Å². The summed E-state index contributed by atoms with van der Waals surface area (Å²) in [4.78, 5) is 10.4. The lowest BCUT2D eigenvalue weighted by Crippen LogP contribution is -2.17. The summed E-state index contributed by atoms with van der Waals surface area (Å²) in [5, 5.41) is 2.55. The molecule has 0 saturated heterocycles. The van der Waals surface area contributed by atoms with E-state index in [2.05, 4.69) is 5.32 Å². The van der Waals surface area contributed by atoms with Gasteiger partial charge < -0.3 is 5.32 Å². The van der Waals surface area contributed by atoms with Gasteiger partial charge in [-0.05, 0) is 6.26 Å². The first-order valence-electron chi connectivity index (χ1n) is 3.50. The van der Waals surface area contributed by atoms with Gasteiger partial charge in [-0.3, -0.25) is 4.79 Å². The molecular weight excluding hydrogens is 146 g/mol. The van der Waals surface area contributed by atoms with Gasteiger partial charge in [0.25, 0.3) is 0 Å². The highest BCUT2D eigenvalue weighted by molar-refractivity contribution is 7.98. The lowest BCUT2D eigenvalue weighted by atomic mass is 10.5. The normalized spacial score (nSPS) is 7.60. The Bertz CT molecular complexity index is 76.0. The van der Waals surface area contributed by atoms with E-state index in [1.165, 1.54) is 0 Å². The van der Waals surface area contributed by atoms with Crippen LogP contribution in [0.3, 0.4) is 0 Å². The summed E-state index contributed by atoms with van der Waals surface area (Å²) >= 11 is 1.68. The molecule has 0 aliphatic heterocycles. The van der Waals surface area contributed by atoms with Gasteiger partial charge >= 0.3 is 0 Å². The van der Waals surface area contributed by atoms with Crippen molar-refractivity contribution in [3.05, 3.63) is 0 Å². The summed E-state index contributed by atoms with van der Waals surface area (Å²) in [6.45, 7) is 4.00. The minimum atomic E-state index is 0.124. The highest BCUT2D eigenvalue weighted by Crippen LogP contribution is 1.93. The maximum Gasteiger partial charge on any atom is 0.220 e. The zero-order chi connectivity index (χ0) is 8.41. The maximum absolute atomic E-state index is 10.4. The van der Waals surface area contributed by atoms with Gasteiger partial charge in [-0.1, -0.05) is 13.8 Å². The average Bonchev–Trinajstić information content (AvgIpc) is 2.04. The zero-order valence-corrected chi connectivity index (χ0v) is 8.05. The van der Waals surface area contributed by atoms with E-state index in [0.717, 1.165) is 5.75 Å². The van der Waals surface area contributed by atoms with Gasteiger partial charge in [0.2, 0.25) is 5.91 Å². The zero-order valence-electron chi connectivity index (χ0n) is 7.23. The number of carbonyl (C=O) groups is 1. The Morgan fingerprint density at radius 1 is 1.50 bits per heavy atom. The maximum atomic E-state index is 10.4. The van der Waals surface area contributed by atoms with Crippen LogP contribution in [0.15, 0.2) is 0 Å². The second-order valence-electron chi connectivity index (χ2n) is 1.42. The van der Waals surface area contributed by atoms with E-state index < -0.39 is 0 Å². The number of thioether (sulfide) groups is 1. The van der Waals surface area contributed by atoms with Crippen LogP contribution < -0.4 is 5.32 Å². The van der Waals surface area contributed by atoms with Gasteiger partial charge in [-0.25, -0.2) is 0 Å². The Balaban J connectivity index is 0. The molecule has 0 heterocycles. The van der Waals surface area contributed by atoms with Crippen molar-refractivity contribution in [3.8, 4) is 0 Å². The molecule has 0 saturated carbocycles. The van der Waals surface area contributed by atoms with Crippen LogP contribution in [0.2, 0.25) is 0 Å². The number of hydrogen-bond acceptors (Lipinski definition) is 2. The van der Waals surface area contributed by atoms with Gasteiger partial charge in [0.15, 0.2) is 0 Å². The predicted molar refractivity (Wildman–Crippen MR) is 48.4 cm³/mol. The number of amides is 1. The van der Waals surface area contributed by atoms with Crippen molar-refractivity contribution in [2.45, 2.75) is 20.3 Å². The molecule has 0 bridgehead atoms. The number of carbonyl (C=O) groups excluding carboxylic acids is 1. The predicted octanol–water partition coefficient (Wildman–Crippen LogP) is 1.51. The Labute approximate surface area is 67.8 Å². The molecule has 0 aromatic heterocycles. The average molecular weight is 163 g/mol. The summed E-state index contributed by atoms with van der Waals surface area (Å²) in [5.74, 6) is 1.04. The summed E-state index contributed by atoms with van der Waals surface area (Å²) in [6, 6.07) is 0. The third-order valence-electron chi connectivity index (χ3n) is 0.812. The molecule has 0 rings (SSSR count). The fourth-order valence-electron chi connectivity index (χ4n) is 0.320. The summed E-state index contributed by atoms with van der Waals surface area (Å²) in [5.41, 5.74) is 0. The molecule has 1 N–H and O–H groups in total. The molecule has 2 nitrogen and oxygen atoms in total. The highest BCUT2D eigenvalue weighted by atomic mass is 32.2. The van der Waals surface area contributed by atoms with E-state index in [4.69, 9.17) is 0 Å². The van der Waals surface area contributed by atoms with Crippen molar-refractivity contribution in [2.24, 2.45) is 0 Å². The quantitative estimate of drug-likeness (QED) is 0.683. The van der Waals surface area contributed by atoms with Crippen LogP contribution in [0.4, 0.5) is 0 Å². The van der Waals surface area contributed by atoms with Crippen LogP contribution in [0.1, 0.15) is 20.3 Å². The smallest absolute Gasteiger partial charge is 0.220 e. The van der Waals surface area contributed by atoms with Crippen LogP contribution in [0, 0.1) is 0 Å². The van der Waals surface area contributed by atoms with Crippen LogP contribution in [-0.4, -0.2) is 25.0 Å². The minimum Gasteiger partial charge on any atom is -0.359 e. The third kappa shape index (κ3) is 10.7. The SMILES string of the molecule is CC.CNC(=O)CCSC. The first-order chi connectivity index (χ1) is 4.81. The second-order valence-corrected chi connectivity index (χ2v) is 2.40. The lowest BCUT2D eigenvalue weighted by Gasteiger charge is -1.94. The van der Waals surface area contributed by atoms with Crippen molar-refractivity contribution in [1.29, 1.82) is 0 Å². The van der Waals surface area contributed by atoms with E-state index in [9.17, 15) is 4.79 Å². The molecular formula is C7H17NOS. The molecule has 0 aliphatic carbocycles. The molecule has 0 radical (unpaired) electrons. The first kappa shape index (κ1) is 12.5. The summed E-state index contributed by atoms with van der Waals surface area (Å²) < 4.78 is 0. The molecule has 0 aromatic rings. The van der Waals surface area contributed by atoms with Gasteiger partial charge in [-0.2, -0.15) is 11.8 Å². The van der Waals surface area contributed by atoms with Crippen molar-refractivity contribution in [2.75, 3.05) is 19.1 Å². The van der Waals surface area contributed by atoms with Crippen molar-refractivity contribution in [1.82, 2.24) is 5.32 Å². The topological polar surface area (TPSA) is 29.1 Å². The Kier molecular flexibility index (Phi) is 14.5. The molecule has 1 amide bonds. The van der Waals surface area contributed by atoms with Gasteiger partial charge in [0, 0.05) is 19.2 Å². The number of hydrogen-bond donors (Lipinski definition) is 1. The van der Waals surface area contributed by atoms with Crippen molar-refractivity contribution >= 4 is 17.7 Å². The number of rotatable bonds is 3. The fraction of sp³-hybridized carbons (Fsp3) is 0.857. The van der Waals surface area contributed by atoms with E-state index in [1.54, 1.807) is 18.8 Å². The van der Waals surface area contributed by atoms with Crippen LogP contribution in [0.25, 0.3) is 0 Å². The molecule has 0 aliphatic rings. The summed E-state index contributed by atoms with van der Waals surface area (Å²) in [7, 11) is 1.66. The Hall–Kier alpha value is -0.180. The molecule has 0 unspecified atom stereocenters. The lowest BCUT2D eigenvalue weighted by molar-refractivity contribution is -0.120. The summed E-state index contributed by atoms with van der Waals surface area (Å²) in [6.07, 6.45) is 2.63. The van der Waals surface area contributed by atoms with Gasteiger partial charge in [-0.15, -0.1) is 0 Å². The molecule has 3 heteroatoms. The van der Waals surface area contributed by atoms with Crippen molar-refractivity contribution in [3.63, 3.8) is 0 Å². The molecule has 0 spiro atoms. The highest BCUT2D eigenvalue weighted by Gasteiger charge is 1.92. The van der Waals surface area contributed by atoms with Crippen molar-refractivity contribution < 1.29 is 4.79 Å². The van der Waals surface area contributed by atoms with E-state index in [-0.39, 0.29) is 5.91 Å². The van der Waals surface area contributed by atoms with E-state index >= 15 is 0 Å². The van der Waals surface area contributed by atoms with Crippen LogP contribution >= 0.6 is 11.8 Å². The number of nitrogens with one attached hydrogen (secondary N) is 1. The molecule has 0 aromatic carbocycles. The molecule has 0 fully saturated rings. The van der Waals surface area contributed by atoms with Crippen LogP contribution in [-0.2, 0) is 4.79 Å². The Morgan fingerprint density at radius 2 is 2.00 bits per heavy atom.